The monoisotopic (exact) mass is 311 g/mol. The maximum Gasteiger partial charge on any atom is 0.270 e. The first-order valence-corrected chi connectivity index (χ1v) is 5.86. The number of nitrogens with zero attached hydrogens (tertiary/aromatic N) is 3. The minimum absolute atomic E-state index is 0.147. The summed E-state index contributed by atoms with van der Waals surface area (Å²) in [5.41, 5.74) is -1.06. The smallest absolute Gasteiger partial charge is 0.270 e. The van der Waals surface area contributed by atoms with Crippen molar-refractivity contribution in [3.63, 3.8) is 0 Å². The average Bonchev–Trinajstić information content (AvgIpc) is 2.88. The van der Waals surface area contributed by atoms with E-state index in [9.17, 15) is 27.7 Å². The van der Waals surface area contributed by atoms with E-state index < -0.39 is 34.1 Å². The lowest BCUT2D eigenvalue weighted by molar-refractivity contribution is -0.384. The molecule has 9 heteroatoms. The molecule has 112 valence electrons. The first-order valence-electron chi connectivity index (χ1n) is 5.86. The second kappa shape index (κ2) is 4.79. The molecule has 0 fully saturated rings. The van der Waals surface area contributed by atoms with Crippen LogP contribution >= 0.6 is 0 Å². The van der Waals surface area contributed by atoms with E-state index in [0.717, 1.165) is 16.8 Å². The topological polar surface area (TPSA) is 61.0 Å². The Kier molecular flexibility index (Phi) is 3.05. The van der Waals surface area contributed by atoms with E-state index in [1.165, 1.54) is 18.2 Å². The highest BCUT2D eigenvalue weighted by molar-refractivity contribution is 5.84. The summed E-state index contributed by atoms with van der Waals surface area (Å²) in [6.45, 7) is 0. The van der Waals surface area contributed by atoms with Gasteiger partial charge in [-0.15, -0.1) is 0 Å². The van der Waals surface area contributed by atoms with E-state index in [0.29, 0.717) is 0 Å². The quantitative estimate of drug-likeness (QED) is 0.315. The highest BCUT2D eigenvalue weighted by atomic mass is 19.2. The molecular formula is C13H5F4N3O2. The highest BCUT2D eigenvalue weighted by Crippen LogP contribution is 2.28. The van der Waals surface area contributed by atoms with Crippen molar-refractivity contribution in [1.29, 1.82) is 0 Å². The fourth-order valence-electron chi connectivity index (χ4n) is 2.13. The number of fused-ring (bicyclic) bond motifs is 1. The zero-order valence-electron chi connectivity index (χ0n) is 10.6. The molecule has 0 aliphatic rings. The van der Waals surface area contributed by atoms with Gasteiger partial charge in [-0.3, -0.25) is 10.1 Å². The second-order valence-electron chi connectivity index (χ2n) is 4.36. The molecule has 2 aromatic heterocycles. The molecule has 0 saturated heterocycles. The minimum Gasteiger partial charge on any atom is -0.311 e. The number of halogens is 4. The lowest BCUT2D eigenvalue weighted by Crippen LogP contribution is -2.08. The van der Waals surface area contributed by atoms with Crippen molar-refractivity contribution in [3.05, 3.63) is 64.1 Å². The maximum atomic E-state index is 13.8. The van der Waals surface area contributed by atoms with E-state index in [2.05, 4.69) is 4.98 Å². The molecular weight excluding hydrogens is 306 g/mol. The van der Waals surface area contributed by atoms with Crippen LogP contribution in [0.4, 0.5) is 23.2 Å². The van der Waals surface area contributed by atoms with Crippen molar-refractivity contribution in [1.82, 2.24) is 9.55 Å². The van der Waals surface area contributed by atoms with E-state index in [1.807, 2.05) is 0 Å². The molecule has 0 N–H and O–H groups in total. The van der Waals surface area contributed by atoms with Crippen LogP contribution in [0.5, 0.6) is 0 Å². The summed E-state index contributed by atoms with van der Waals surface area (Å²) in [5.74, 6) is -6.88. The molecule has 5 nitrogen and oxygen atoms in total. The van der Waals surface area contributed by atoms with Crippen LogP contribution in [0.15, 0.2) is 30.5 Å². The highest BCUT2D eigenvalue weighted by Gasteiger charge is 2.23. The fourth-order valence-corrected chi connectivity index (χ4v) is 2.13. The standard InChI is InChI=1S/C13H5F4N3O2/c14-9-11(10(15)13(17)18-12(9)16)19-4-3-6-5-7(20(21)22)1-2-8(6)19/h1-5H. The normalized spacial score (nSPS) is 11.1. The van der Waals surface area contributed by atoms with Gasteiger partial charge in [-0.1, -0.05) is 0 Å². The van der Waals surface area contributed by atoms with Crippen molar-refractivity contribution in [3.8, 4) is 5.69 Å². The average molecular weight is 311 g/mol. The molecule has 1 aromatic carbocycles. The first kappa shape index (κ1) is 14.0. The zero-order chi connectivity index (χ0) is 16.0. The van der Waals surface area contributed by atoms with Gasteiger partial charge in [0.15, 0.2) is 0 Å². The van der Waals surface area contributed by atoms with Gasteiger partial charge in [-0.05, 0) is 12.1 Å². The SMILES string of the molecule is O=[N+]([O-])c1ccc2c(ccn2-c2c(F)c(F)nc(F)c2F)c1. The molecule has 0 aliphatic carbocycles. The van der Waals surface area contributed by atoms with Gasteiger partial charge in [-0.2, -0.15) is 22.5 Å². The van der Waals surface area contributed by atoms with E-state index in [-0.39, 0.29) is 16.6 Å². The molecule has 0 amide bonds. The third-order valence-corrected chi connectivity index (χ3v) is 3.10. The third-order valence-electron chi connectivity index (χ3n) is 3.10. The summed E-state index contributed by atoms with van der Waals surface area (Å²) in [6, 6.07) is 4.85. The van der Waals surface area contributed by atoms with Crippen LogP contribution in [-0.2, 0) is 0 Å². The van der Waals surface area contributed by atoms with E-state index in [4.69, 9.17) is 0 Å². The van der Waals surface area contributed by atoms with Crippen LogP contribution < -0.4 is 0 Å². The van der Waals surface area contributed by atoms with Gasteiger partial charge >= 0.3 is 0 Å². The number of hydrogen-bond donors (Lipinski definition) is 0. The zero-order valence-corrected chi connectivity index (χ0v) is 10.6. The summed E-state index contributed by atoms with van der Waals surface area (Å²) in [5, 5.41) is 11.0. The lowest BCUT2D eigenvalue weighted by Gasteiger charge is -2.09. The molecule has 0 bridgehead atoms. The number of aromatic nitrogens is 2. The van der Waals surface area contributed by atoms with Gasteiger partial charge in [0.1, 0.15) is 5.69 Å². The van der Waals surface area contributed by atoms with Crippen molar-refractivity contribution >= 4 is 16.6 Å². The first-order chi connectivity index (χ1) is 10.4. The minimum atomic E-state index is -1.78. The number of rotatable bonds is 2. The van der Waals surface area contributed by atoms with Gasteiger partial charge in [0.2, 0.25) is 11.6 Å². The number of pyridine rings is 1. The largest absolute Gasteiger partial charge is 0.311 e. The second-order valence-corrected chi connectivity index (χ2v) is 4.36. The van der Waals surface area contributed by atoms with Gasteiger partial charge in [0.25, 0.3) is 17.6 Å². The number of hydrogen-bond acceptors (Lipinski definition) is 3. The Balaban J connectivity index is 2.30. The molecule has 22 heavy (non-hydrogen) atoms. The van der Waals surface area contributed by atoms with Crippen LogP contribution in [0.2, 0.25) is 0 Å². The summed E-state index contributed by atoms with van der Waals surface area (Å²) in [7, 11) is 0. The van der Waals surface area contributed by atoms with Crippen LogP contribution in [-0.4, -0.2) is 14.5 Å². The third kappa shape index (κ3) is 1.98. The van der Waals surface area contributed by atoms with Gasteiger partial charge in [-0.25, -0.2) is 0 Å². The summed E-state index contributed by atoms with van der Waals surface area (Å²) >= 11 is 0. The number of benzene rings is 1. The Morgan fingerprint density at radius 3 is 2.27 bits per heavy atom. The van der Waals surface area contributed by atoms with Crippen molar-refractivity contribution in [2.75, 3.05) is 0 Å². The fraction of sp³-hybridized carbons (Fsp3) is 0. The van der Waals surface area contributed by atoms with Crippen LogP contribution in [0.25, 0.3) is 16.6 Å². The Hall–Kier alpha value is -2.97. The van der Waals surface area contributed by atoms with Crippen molar-refractivity contribution in [2.45, 2.75) is 0 Å². The van der Waals surface area contributed by atoms with Crippen molar-refractivity contribution in [2.24, 2.45) is 0 Å². The molecule has 0 unspecified atom stereocenters. The Bertz CT molecular complexity index is 897. The molecule has 0 saturated carbocycles. The predicted molar refractivity (Wildman–Crippen MR) is 67.6 cm³/mol. The predicted octanol–water partition coefficient (Wildman–Crippen LogP) is 3.49. The Morgan fingerprint density at radius 2 is 1.68 bits per heavy atom. The van der Waals surface area contributed by atoms with E-state index >= 15 is 0 Å². The van der Waals surface area contributed by atoms with Crippen LogP contribution in [0.3, 0.4) is 0 Å². The molecule has 0 aliphatic heterocycles. The molecule has 3 aromatic rings. The van der Waals surface area contributed by atoms with Gasteiger partial charge in [0, 0.05) is 23.7 Å². The maximum absolute atomic E-state index is 13.8. The molecule has 0 spiro atoms. The molecule has 0 radical (unpaired) electrons. The Labute approximate surface area is 119 Å². The lowest BCUT2D eigenvalue weighted by atomic mass is 10.2. The van der Waals surface area contributed by atoms with Gasteiger partial charge < -0.3 is 4.57 Å². The summed E-state index contributed by atoms with van der Waals surface area (Å²) in [4.78, 5) is 12.5. The molecule has 2 heterocycles. The van der Waals surface area contributed by atoms with Gasteiger partial charge in [0.05, 0.1) is 10.4 Å². The Morgan fingerprint density at radius 1 is 1.05 bits per heavy atom. The summed E-state index contributed by atoms with van der Waals surface area (Å²) in [6.07, 6.45) is 1.15. The summed E-state index contributed by atoms with van der Waals surface area (Å²) < 4.78 is 54.8. The number of nitro groups is 1. The van der Waals surface area contributed by atoms with Crippen LogP contribution in [0, 0.1) is 33.6 Å². The number of non-ortho nitro benzene ring substituents is 1. The van der Waals surface area contributed by atoms with Crippen LogP contribution in [0.1, 0.15) is 0 Å². The van der Waals surface area contributed by atoms with Crippen molar-refractivity contribution < 1.29 is 22.5 Å². The molecule has 0 atom stereocenters. The molecule has 3 rings (SSSR count). The van der Waals surface area contributed by atoms with E-state index in [1.54, 1.807) is 0 Å². The number of nitro benzene ring substituents is 1.